The molecule has 0 amide bonds. The van der Waals surface area contributed by atoms with Crippen molar-refractivity contribution in [2.45, 2.75) is 17.4 Å². The first-order valence-corrected chi connectivity index (χ1v) is 6.62. The smallest absolute Gasteiger partial charge is 0.178 e. The third-order valence-corrected chi connectivity index (χ3v) is 5.17. The van der Waals surface area contributed by atoms with Crippen LogP contribution in [0.4, 0.5) is 0 Å². The summed E-state index contributed by atoms with van der Waals surface area (Å²) in [5, 5.41) is 20.8. The molecule has 1 aliphatic heterocycles. The minimum Gasteiger partial charge on any atom is -0.366 e. The Bertz CT molecular complexity index is 598. The van der Waals surface area contributed by atoms with Crippen molar-refractivity contribution < 1.29 is 5.11 Å². The van der Waals surface area contributed by atoms with Crippen molar-refractivity contribution in [2.75, 3.05) is 14.1 Å². The van der Waals surface area contributed by atoms with Gasteiger partial charge in [-0.15, -0.1) is 17.0 Å². The zero-order chi connectivity index (χ0) is 12.9. The van der Waals surface area contributed by atoms with Crippen molar-refractivity contribution in [3.8, 4) is 6.07 Å². The fourth-order valence-electron chi connectivity index (χ4n) is 2.78. The highest BCUT2D eigenvalue weighted by Gasteiger charge is 2.55. The maximum Gasteiger partial charge on any atom is 0.178 e. The standard InChI is InChI=1S/C13H13N3OS.BrH/c1-15-12-16(2)13(17)10-4-3-8(7-14)5-9(10)6-11(13)18-12;/h3-5,11,17H,6H2,1-2H3;1H. The zero-order valence-electron chi connectivity index (χ0n) is 10.6. The molecule has 100 valence electrons. The molecule has 1 aromatic carbocycles. The Labute approximate surface area is 126 Å². The van der Waals surface area contributed by atoms with Crippen molar-refractivity contribution in [3.05, 3.63) is 34.9 Å². The number of aliphatic imine (C=N–C) groups is 1. The summed E-state index contributed by atoms with van der Waals surface area (Å²) in [4.78, 5) is 6.03. The average molecular weight is 340 g/mol. The lowest BCUT2D eigenvalue weighted by molar-refractivity contribution is -0.0496. The normalized spacial score (nSPS) is 29.7. The molecular formula is C13H14BrN3OS. The summed E-state index contributed by atoms with van der Waals surface area (Å²) in [6.45, 7) is 0. The van der Waals surface area contributed by atoms with Crippen LogP contribution in [0.1, 0.15) is 16.7 Å². The SMILES string of the molecule is Br.CN=C1SC2Cc3cc(C#N)ccc3C2(O)N1C. The van der Waals surface area contributed by atoms with Crippen LogP contribution in [0.2, 0.25) is 0 Å². The molecule has 1 N–H and O–H groups in total. The maximum absolute atomic E-state index is 11.0. The highest BCUT2D eigenvalue weighted by atomic mass is 79.9. The van der Waals surface area contributed by atoms with Crippen LogP contribution < -0.4 is 0 Å². The van der Waals surface area contributed by atoms with Crippen molar-refractivity contribution in [2.24, 2.45) is 4.99 Å². The van der Waals surface area contributed by atoms with Crippen LogP contribution in [0, 0.1) is 11.3 Å². The zero-order valence-corrected chi connectivity index (χ0v) is 13.2. The fraction of sp³-hybridized carbons (Fsp3) is 0.385. The Morgan fingerprint density at radius 1 is 1.58 bits per heavy atom. The summed E-state index contributed by atoms with van der Waals surface area (Å²) < 4.78 is 0. The molecule has 1 fully saturated rings. The second kappa shape index (κ2) is 4.82. The van der Waals surface area contributed by atoms with Gasteiger partial charge in [0.15, 0.2) is 10.9 Å². The summed E-state index contributed by atoms with van der Waals surface area (Å²) in [6.07, 6.45) is 0.773. The first kappa shape index (κ1) is 14.4. The Morgan fingerprint density at radius 2 is 2.32 bits per heavy atom. The molecule has 19 heavy (non-hydrogen) atoms. The molecule has 0 radical (unpaired) electrons. The molecule has 0 spiro atoms. The van der Waals surface area contributed by atoms with E-state index in [2.05, 4.69) is 11.1 Å². The molecule has 0 saturated carbocycles. The van der Waals surface area contributed by atoms with Crippen LogP contribution in [0.25, 0.3) is 0 Å². The number of thioether (sulfide) groups is 1. The second-order valence-corrected chi connectivity index (χ2v) is 5.76. The van der Waals surface area contributed by atoms with Gasteiger partial charge in [0, 0.05) is 19.7 Å². The van der Waals surface area contributed by atoms with E-state index in [0.717, 1.165) is 22.7 Å². The Morgan fingerprint density at radius 3 is 2.95 bits per heavy atom. The number of nitriles is 1. The lowest BCUT2D eigenvalue weighted by Crippen LogP contribution is -2.44. The van der Waals surface area contributed by atoms with Gasteiger partial charge in [0.2, 0.25) is 0 Å². The van der Waals surface area contributed by atoms with E-state index in [-0.39, 0.29) is 22.2 Å². The van der Waals surface area contributed by atoms with E-state index in [1.165, 1.54) is 0 Å². The molecule has 2 aliphatic rings. The van der Waals surface area contributed by atoms with E-state index in [1.807, 2.05) is 24.1 Å². The number of hydrogen-bond acceptors (Lipinski definition) is 4. The molecule has 1 heterocycles. The highest BCUT2D eigenvalue weighted by Crippen LogP contribution is 2.51. The highest BCUT2D eigenvalue weighted by molar-refractivity contribution is 8.93. The minimum absolute atomic E-state index is 0. The molecule has 2 atom stereocenters. The van der Waals surface area contributed by atoms with Crippen LogP contribution in [0.15, 0.2) is 23.2 Å². The molecule has 1 aliphatic carbocycles. The number of nitrogens with zero attached hydrogens (tertiary/aromatic N) is 3. The quantitative estimate of drug-likeness (QED) is 0.783. The number of aliphatic hydroxyl groups is 1. The van der Waals surface area contributed by atoms with E-state index in [1.54, 1.807) is 24.9 Å². The van der Waals surface area contributed by atoms with Gasteiger partial charge in [0.25, 0.3) is 0 Å². The van der Waals surface area contributed by atoms with Gasteiger partial charge in [-0.05, 0) is 24.1 Å². The van der Waals surface area contributed by atoms with Crippen molar-refractivity contribution in [3.63, 3.8) is 0 Å². The number of halogens is 1. The molecule has 0 aromatic heterocycles. The molecule has 2 unspecified atom stereocenters. The number of hydrogen-bond donors (Lipinski definition) is 1. The van der Waals surface area contributed by atoms with E-state index >= 15 is 0 Å². The summed E-state index contributed by atoms with van der Waals surface area (Å²) in [5.74, 6) is 0. The third-order valence-electron chi connectivity index (χ3n) is 3.72. The van der Waals surface area contributed by atoms with Gasteiger partial charge >= 0.3 is 0 Å². The van der Waals surface area contributed by atoms with Gasteiger partial charge < -0.3 is 10.0 Å². The van der Waals surface area contributed by atoms with E-state index in [9.17, 15) is 5.11 Å². The molecule has 1 aromatic rings. The molecular weight excluding hydrogens is 326 g/mol. The average Bonchev–Trinajstić information content (AvgIpc) is 2.80. The monoisotopic (exact) mass is 339 g/mol. The topological polar surface area (TPSA) is 59.6 Å². The first-order valence-electron chi connectivity index (χ1n) is 5.74. The number of fused-ring (bicyclic) bond motifs is 3. The Kier molecular flexibility index (Phi) is 3.65. The molecule has 4 nitrogen and oxygen atoms in total. The van der Waals surface area contributed by atoms with Crippen LogP contribution in [0.5, 0.6) is 0 Å². The minimum atomic E-state index is -0.983. The fourth-order valence-corrected chi connectivity index (χ4v) is 4.15. The largest absolute Gasteiger partial charge is 0.366 e. The Balaban J connectivity index is 0.00000133. The van der Waals surface area contributed by atoms with Crippen molar-refractivity contribution in [1.82, 2.24) is 4.90 Å². The number of benzene rings is 1. The van der Waals surface area contributed by atoms with Gasteiger partial charge in [-0.1, -0.05) is 17.8 Å². The van der Waals surface area contributed by atoms with Gasteiger partial charge in [-0.25, -0.2) is 0 Å². The van der Waals surface area contributed by atoms with Crippen LogP contribution in [-0.2, 0) is 12.1 Å². The van der Waals surface area contributed by atoms with Gasteiger partial charge in [-0.2, -0.15) is 5.26 Å². The van der Waals surface area contributed by atoms with Crippen LogP contribution in [-0.4, -0.2) is 34.5 Å². The lowest BCUT2D eigenvalue weighted by atomic mass is 10.0. The van der Waals surface area contributed by atoms with Gasteiger partial charge in [0.05, 0.1) is 16.9 Å². The summed E-state index contributed by atoms with van der Waals surface area (Å²) in [7, 11) is 3.60. The van der Waals surface area contributed by atoms with Gasteiger partial charge in [-0.3, -0.25) is 4.99 Å². The molecule has 6 heteroatoms. The van der Waals surface area contributed by atoms with E-state index < -0.39 is 5.72 Å². The van der Waals surface area contributed by atoms with E-state index in [4.69, 9.17) is 5.26 Å². The van der Waals surface area contributed by atoms with Crippen molar-refractivity contribution >= 4 is 33.9 Å². The maximum atomic E-state index is 11.0. The lowest BCUT2D eigenvalue weighted by Gasteiger charge is -2.31. The Hall–Kier alpha value is -1.03. The molecule has 1 saturated heterocycles. The second-order valence-electron chi connectivity index (χ2n) is 4.59. The predicted molar refractivity (Wildman–Crippen MR) is 81.6 cm³/mol. The van der Waals surface area contributed by atoms with Gasteiger partial charge in [0.1, 0.15) is 0 Å². The first-order chi connectivity index (χ1) is 8.61. The van der Waals surface area contributed by atoms with E-state index in [0.29, 0.717) is 5.56 Å². The number of rotatable bonds is 0. The van der Waals surface area contributed by atoms with Crippen LogP contribution in [0.3, 0.4) is 0 Å². The summed E-state index contributed by atoms with van der Waals surface area (Å²) >= 11 is 1.60. The van der Waals surface area contributed by atoms with Crippen LogP contribution >= 0.6 is 28.7 Å². The molecule has 0 bridgehead atoms. The number of amidine groups is 1. The third kappa shape index (κ3) is 1.80. The predicted octanol–water partition coefficient (Wildman–Crippen LogP) is 1.87. The summed E-state index contributed by atoms with van der Waals surface area (Å²) in [5.41, 5.74) is 1.63. The van der Waals surface area contributed by atoms with Crippen molar-refractivity contribution in [1.29, 1.82) is 5.26 Å². The molecule has 3 rings (SSSR count). The summed E-state index contributed by atoms with van der Waals surface area (Å²) in [6, 6.07) is 7.65.